The van der Waals surface area contributed by atoms with Gasteiger partial charge in [0.15, 0.2) is 9.84 Å². The summed E-state index contributed by atoms with van der Waals surface area (Å²) in [6.45, 7) is 18.7. The second-order valence-electron chi connectivity index (χ2n) is 5.00. The first kappa shape index (κ1) is 15.0. The molecular formula is C9H24N4Si4. The lowest BCUT2D eigenvalue weighted by molar-refractivity contribution is 1.11. The van der Waals surface area contributed by atoms with Crippen molar-refractivity contribution in [1.82, 2.24) is 18.6 Å². The SMILES string of the molecule is C=C[Si]1(C)N[SiH2]N[Si](C)(C=C)N[Si](C)(C=C)N1. The fourth-order valence-corrected chi connectivity index (χ4v) is 20.6. The van der Waals surface area contributed by atoms with Crippen LogP contribution in [0.15, 0.2) is 36.8 Å². The van der Waals surface area contributed by atoms with Gasteiger partial charge in [-0.3, -0.25) is 0 Å². The van der Waals surface area contributed by atoms with Crippen molar-refractivity contribution in [2.45, 2.75) is 19.6 Å². The number of rotatable bonds is 3. The van der Waals surface area contributed by atoms with E-state index in [1.165, 1.54) is 0 Å². The van der Waals surface area contributed by atoms with Crippen LogP contribution in [0.3, 0.4) is 0 Å². The molecule has 0 saturated carbocycles. The minimum Gasteiger partial charge on any atom is -0.338 e. The third-order valence-corrected chi connectivity index (χ3v) is 21.2. The molecule has 0 aromatic carbocycles. The third-order valence-electron chi connectivity index (χ3n) is 3.17. The molecule has 1 saturated heterocycles. The maximum absolute atomic E-state index is 4.00. The molecule has 1 aliphatic rings. The Hall–Kier alpha value is -0.0725. The van der Waals surface area contributed by atoms with Gasteiger partial charge in [0.25, 0.3) is 0 Å². The first-order chi connectivity index (χ1) is 7.80. The Morgan fingerprint density at radius 3 is 1.41 bits per heavy atom. The van der Waals surface area contributed by atoms with Crippen LogP contribution in [0.4, 0.5) is 0 Å². The summed E-state index contributed by atoms with van der Waals surface area (Å²) in [5.41, 5.74) is 6.19. The van der Waals surface area contributed by atoms with Crippen LogP contribution in [-0.2, 0) is 0 Å². The van der Waals surface area contributed by atoms with Gasteiger partial charge in [0.05, 0.1) is 0 Å². The Morgan fingerprint density at radius 2 is 1.12 bits per heavy atom. The zero-order valence-electron chi connectivity index (χ0n) is 11.1. The van der Waals surface area contributed by atoms with Gasteiger partial charge in [0, 0.05) is 0 Å². The molecule has 0 radical (unpaired) electrons. The zero-order chi connectivity index (χ0) is 13.2. The van der Waals surface area contributed by atoms with Crippen molar-refractivity contribution >= 4 is 35.0 Å². The molecule has 2 atom stereocenters. The highest BCUT2D eigenvalue weighted by atomic mass is 28.5. The lowest BCUT2D eigenvalue weighted by Crippen LogP contribution is -2.83. The fraction of sp³-hybridized carbons (Fsp3) is 0.333. The van der Waals surface area contributed by atoms with Crippen molar-refractivity contribution in [2.75, 3.05) is 0 Å². The van der Waals surface area contributed by atoms with E-state index >= 15 is 0 Å². The van der Waals surface area contributed by atoms with Gasteiger partial charge in [-0.15, -0.1) is 19.7 Å². The van der Waals surface area contributed by atoms with Crippen LogP contribution >= 0.6 is 0 Å². The first-order valence-corrected chi connectivity index (χ1v) is 14.9. The first-order valence-electron chi connectivity index (χ1n) is 5.80. The second-order valence-corrected chi connectivity index (χ2v) is 18.6. The van der Waals surface area contributed by atoms with E-state index in [-0.39, 0.29) is 0 Å². The summed E-state index contributed by atoms with van der Waals surface area (Å²) in [6, 6.07) is 0. The normalized spacial score (nSPS) is 44.6. The molecule has 1 aliphatic heterocycles. The van der Waals surface area contributed by atoms with Gasteiger partial charge < -0.3 is 18.6 Å². The maximum atomic E-state index is 4.00. The van der Waals surface area contributed by atoms with E-state index in [1.54, 1.807) is 0 Å². The second kappa shape index (κ2) is 5.28. The van der Waals surface area contributed by atoms with Crippen molar-refractivity contribution in [3.05, 3.63) is 36.8 Å². The van der Waals surface area contributed by atoms with Gasteiger partial charge >= 0.3 is 0 Å². The standard InChI is InChI=1S/C9H24N4Si4/c1-7-15(4)10-14-11-16(5,8-2)13-17(6,9-3)12-15/h7-13H,1-3,14H2,4-6H3. The van der Waals surface area contributed by atoms with E-state index < -0.39 is 35.0 Å². The van der Waals surface area contributed by atoms with Gasteiger partial charge in [-0.05, 0) is 19.6 Å². The lowest BCUT2D eigenvalue weighted by Gasteiger charge is -2.44. The lowest BCUT2D eigenvalue weighted by atomic mass is 11.3. The highest BCUT2D eigenvalue weighted by molar-refractivity contribution is 7.04. The molecule has 4 N–H and O–H groups in total. The maximum Gasteiger partial charge on any atom is 0.212 e. The van der Waals surface area contributed by atoms with E-state index in [2.05, 4.69) is 75.1 Å². The Balaban J connectivity index is 3.01. The monoisotopic (exact) mass is 300 g/mol. The Labute approximate surface area is 110 Å². The van der Waals surface area contributed by atoms with Crippen molar-refractivity contribution in [1.29, 1.82) is 0 Å². The molecule has 0 aliphatic carbocycles. The summed E-state index contributed by atoms with van der Waals surface area (Å²) in [5, 5.41) is 0. The topological polar surface area (TPSA) is 48.1 Å². The predicted molar refractivity (Wildman–Crippen MR) is 86.5 cm³/mol. The highest BCUT2D eigenvalue weighted by Gasteiger charge is 2.41. The Kier molecular flexibility index (Phi) is 4.65. The summed E-state index contributed by atoms with van der Waals surface area (Å²) in [7, 11) is -5.85. The molecule has 2 unspecified atom stereocenters. The average molecular weight is 301 g/mol. The summed E-state index contributed by atoms with van der Waals surface area (Å²) in [4.78, 5) is 0. The molecule has 8 heteroatoms. The van der Waals surface area contributed by atoms with Crippen molar-refractivity contribution in [2.24, 2.45) is 0 Å². The molecule has 17 heavy (non-hydrogen) atoms. The van der Waals surface area contributed by atoms with Crippen LogP contribution in [0.1, 0.15) is 0 Å². The van der Waals surface area contributed by atoms with Gasteiger partial charge in [0.1, 0.15) is 0 Å². The predicted octanol–water partition coefficient (Wildman–Crippen LogP) is -0.251. The number of nitrogens with one attached hydrogen (secondary N) is 4. The largest absolute Gasteiger partial charge is 0.338 e. The molecule has 1 rings (SSSR count). The van der Waals surface area contributed by atoms with E-state index in [1.807, 2.05) is 0 Å². The van der Waals surface area contributed by atoms with Gasteiger partial charge in [-0.2, -0.15) is 0 Å². The highest BCUT2D eigenvalue weighted by Crippen LogP contribution is 2.08. The molecule has 0 amide bonds. The van der Waals surface area contributed by atoms with Crippen molar-refractivity contribution < 1.29 is 0 Å². The molecule has 1 fully saturated rings. The summed E-state index contributed by atoms with van der Waals surface area (Å²) in [6.07, 6.45) is 0. The van der Waals surface area contributed by atoms with E-state index in [0.717, 1.165) is 0 Å². The molecule has 4 nitrogen and oxygen atoms in total. The summed E-state index contributed by atoms with van der Waals surface area (Å²) in [5.74, 6) is 0. The van der Waals surface area contributed by atoms with Crippen molar-refractivity contribution in [3.63, 3.8) is 0 Å². The van der Waals surface area contributed by atoms with E-state index in [0.29, 0.717) is 0 Å². The van der Waals surface area contributed by atoms with Crippen LogP contribution in [0.5, 0.6) is 0 Å². The quantitative estimate of drug-likeness (QED) is 0.543. The molecule has 0 aromatic rings. The minimum atomic E-state index is -1.86. The average Bonchev–Trinajstić information content (AvgIpc) is 2.27. The van der Waals surface area contributed by atoms with Crippen LogP contribution in [0, 0.1) is 0 Å². The number of hydrogen-bond donors (Lipinski definition) is 4. The smallest absolute Gasteiger partial charge is 0.212 e. The zero-order valence-corrected chi connectivity index (χ0v) is 15.5. The molecular weight excluding hydrogens is 276 g/mol. The van der Waals surface area contributed by atoms with Crippen LogP contribution < -0.4 is 18.6 Å². The minimum absolute atomic E-state index is 0.491. The van der Waals surface area contributed by atoms with Gasteiger partial charge in [0.2, 0.25) is 25.2 Å². The molecule has 0 spiro atoms. The van der Waals surface area contributed by atoms with Crippen LogP contribution in [0.2, 0.25) is 19.6 Å². The van der Waals surface area contributed by atoms with E-state index in [4.69, 9.17) is 0 Å². The Bertz CT molecular complexity index is 313. The van der Waals surface area contributed by atoms with Crippen molar-refractivity contribution in [3.8, 4) is 0 Å². The van der Waals surface area contributed by atoms with Gasteiger partial charge in [-0.25, -0.2) is 0 Å². The molecule has 96 valence electrons. The fourth-order valence-electron chi connectivity index (χ4n) is 1.96. The summed E-state index contributed by atoms with van der Waals surface area (Å²) >= 11 is 0. The molecule has 0 bridgehead atoms. The van der Waals surface area contributed by atoms with Gasteiger partial charge in [-0.1, -0.05) is 17.1 Å². The van der Waals surface area contributed by atoms with Crippen LogP contribution in [0.25, 0.3) is 0 Å². The third kappa shape index (κ3) is 3.69. The number of hydrogen-bond acceptors (Lipinski definition) is 4. The Morgan fingerprint density at radius 1 is 0.765 bits per heavy atom. The molecule has 0 aromatic heterocycles. The van der Waals surface area contributed by atoms with Crippen LogP contribution in [-0.4, -0.2) is 35.0 Å². The summed E-state index contributed by atoms with van der Waals surface area (Å²) < 4.78 is 15.0. The molecule has 1 heterocycles. The van der Waals surface area contributed by atoms with E-state index in [9.17, 15) is 0 Å².